The number of rotatable bonds is 5. The normalized spacial score (nSPS) is 20.9. The molecule has 0 unspecified atom stereocenters. The molecule has 1 aromatic carbocycles. The zero-order chi connectivity index (χ0) is 24.0. The number of hydrogen-bond acceptors (Lipinski definition) is 4. The minimum Gasteiger partial charge on any atom is -0.327 e. The highest BCUT2D eigenvalue weighted by Crippen LogP contribution is 2.38. The maximum Gasteiger partial charge on any atom is 0.303 e. The maximum absolute atomic E-state index is 13.6. The van der Waals surface area contributed by atoms with Crippen LogP contribution in [0.2, 0.25) is 0 Å². The van der Waals surface area contributed by atoms with E-state index in [0.29, 0.717) is 51.3 Å². The average molecular weight is 484 g/mol. The Balaban J connectivity index is 1.65. The molecule has 0 amide bonds. The Morgan fingerprint density at radius 2 is 1.82 bits per heavy atom. The standard InChI is InChI=1S/C23H35F2N5O2S/c1-22(2,3)21-27-19-15-18(28(4)33(31,32)29-13-11-26-12-14-29)5-6-20(19)30(21)16-17-7-9-23(24,25)10-8-17/h5-6,15,17,26H,7-14,16H2,1-4H3. The predicted octanol–water partition coefficient (Wildman–Crippen LogP) is 3.75. The molecule has 0 radical (unpaired) electrons. The Bertz CT molecular complexity index is 1090. The van der Waals surface area contributed by atoms with Crippen LogP contribution in [0.5, 0.6) is 0 Å². The van der Waals surface area contributed by atoms with Crippen LogP contribution in [0.15, 0.2) is 18.2 Å². The molecule has 2 aromatic rings. The van der Waals surface area contributed by atoms with E-state index in [2.05, 4.69) is 30.7 Å². The summed E-state index contributed by atoms with van der Waals surface area (Å²) in [6.07, 6.45) is 0.877. The lowest BCUT2D eigenvalue weighted by molar-refractivity contribution is -0.0473. The fourth-order valence-corrected chi connectivity index (χ4v) is 6.16. The Labute approximate surface area is 195 Å². The number of nitrogens with zero attached hydrogens (tertiary/aromatic N) is 4. The van der Waals surface area contributed by atoms with Crippen LogP contribution < -0.4 is 9.62 Å². The molecule has 0 bridgehead atoms. The quantitative estimate of drug-likeness (QED) is 0.703. The van der Waals surface area contributed by atoms with Crippen molar-refractivity contribution in [1.82, 2.24) is 19.2 Å². The minimum absolute atomic E-state index is 0.0615. The Morgan fingerprint density at radius 3 is 2.42 bits per heavy atom. The summed E-state index contributed by atoms with van der Waals surface area (Å²) in [5, 5.41) is 3.17. The van der Waals surface area contributed by atoms with E-state index in [1.807, 2.05) is 18.2 Å². The topological polar surface area (TPSA) is 70.5 Å². The van der Waals surface area contributed by atoms with E-state index in [4.69, 9.17) is 4.98 Å². The van der Waals surface area contributed by atoms with Crippen molar-refractivity contribution in [3.05, 3.63) is 24.0 Å². The Hall–Kier alpha value is -1.78. The molecule has 2 heterocycles. The first-order chi connectivity index (χ1) is 15.4. The SMILES string of the molecule is CN(c1ccc2c(c1)nc(C(C)(C)C)n2CC1CCC(F)(F)CC1)S(=O)(=O)N1CCNCC1. The molecule has 0 atom stereocenters. The number of piperazine rings is 1. The molecule has 2 fully saturated rings. The van der Waals surface area contributed by atoms with Gasteiger partial charge < -0.3 is 9.88 Å². The van der Waals surface area contributed by atoms with Crippen LogP contribution in [0.4, 0.5) is 14.5 Å². The van der Waals surface area contributed by atoms with E-state index in [9.17, 15) is 17.2 Å². The largest absolute Gasteiger partial charge is 0.327 e. The molecule has 10 heteroatoms. The second-order valence-corrected chi connectivity index (χ2v) is 12.4. The van der Waals surface area contributed by atoms with Gasteiger partial charge in [-0.05, 0) is 37.0 Å². The van der Waals surface area contributed by atoms with Crippen LogP contribution in [0.1, 0.15) is 52.3 Å². The van der Waals surface area contributed by atoms with Crippen molar-refractivity contribution in [3.8, 4) is 0 Å². The third-order valence-electron chi connectivity index (χ3n) is 6.79. The molecule has 7 nitrogen and oxygen atoms in total. The Kier molecular flexibility index (Phi) is 6.48. The number of hydrogen-bond donors (Lipinski definition) is 1. The molecule has 1 aliphatic heterocycles. The van der Waals surface area contributed by atoms with Crippen LogP contribution in [-0.2, 0) is 22.2 Å². The lowest BCUT2D eigenvalue weighted by Gasteiger charge is -2.31. The lowest BCUT2D eigenvalue weighted by Crippen LogP contribution is -2.51. The molecule has 0 spiro atoms. The van der Waals surface area contributed by atoms with Crippen molar-refractivity contribution in [1.29, 1.82) is 0 Å². The zero-order valence-corrected chi connectivity index (χ0v) is 20.8. The second kappa shape index (κ2) is 8.78. The lowest BCUT2D eigenvalue weighted by atomic mass is 9.86. The van der Waals surface area contributed by atoms with Gasteiger partial charge in [-0.15, -0.1) is 0 Å². The summed E-state index contributed by atoms with van der Waals surface area (Å²) in [5.41, 5.74) is 1.95. The molecule has 1 aliphatic carbocycles. The number of anilines is 1. The van der Waals surface area contributed by atoms with Crippen molar-refractivity contribution in [2.45, 2.75) is 64.3 Å². The fraction of sp³-hybridized carbons (Fsp3) is 0.696. The third-order valence-corrected chi connectivity index (χ3v) is 8.71. The second-order valence-electron chi connectivity index (χ2n) is 10.4. The van der Waals surface area contributed by atoms with Gasteiger partial charge in [0, 0.05) is 58.0 Å². The van der Waals surface area contributed by atoms with Gasteiger partial charge >= 0.3 is 10.2 Å². The van der Waals surface area contributed by atoms with Crippen molar-refractivity contribution < 1.29 is 17.2 Å². The first kappa shape index (κ1) is 24.3. The molecule has 1 aromatic heterocycles. The predicted molar refractivity (Wildman–Crippen MR) is 127 cm³/mol. The maximum atomic E-state index is 13.6. The van der Waals surface area contributed by atoms with Gasteiger partial charge in [-0.2, -0.15) is 12.7 Å². The number of fused-ring (bicyclic) bond motifs is 1. The van der Waals surface area contributed by atoms with Crippen molar-refractivity contribution >= 4 is 26.9 Å². The van der Waals surface area contributed by atoms with E-state index in [1.54, 1.807) is 7.05 Å². The minimum atomic E-state index is -3.63. The third kappa shape index (κ3) is 5.02. The van der Waals surface area contributed by atoms with Crippen molar-refractivity contribution in [3.63, 3.8) is 0 Å². The summed E-state index contributed by atoms with van der Waals surface area (Å²) < 4.78 is 58.5. The van der Waals surface area contributed by atoms with Crippen molar-refractivity contribution in [2.24, 2.45) is 5.92 Å². The van der Waals surface area contributed by atoms with E-state index in [-0.39, 0.29) is 24.2 Å². The zero-order valence-electron chi connectivity index (χ0n) is 19.9. The molecule has 2 aliphatic rings. The number of halogens is 2. The van der Waals surface area contributed by atoms with Gasteiger partial charge in [0.05, 0.1) is 16.7 Å². The van der Waals surface area contributed by atoms with Crippen LogP contribution in [0.25, 0.3) is 11.0 Å². The highest BCUT2D eigenvalue weighted by atomic mass is 32.2. The number of benzene rings is 1. The monoisotopic (exact) mass is 483 g/mol. The average Bonchev–Trinajstić information content (AvgIpc) is 3.13. The van der Waals surface area contributed by atoms with E-state index >= 15 is 0 Å². The number of nitrogens with one attached hydrogen (secondary N) is 1. The van der Waals surface area contributed by atoms with Crippen LogP contribution in [-0.4, -0.2) is 61.4 Å². The number of alkyl halides is 2. The summed E-state index contributed by atoms with van der Waals surface area (Å²) in [7, 11) is -2.06. The van der Waals surface area contributed by atoms with Gasteiger partial charge in [0.15, 0.2) is 0 Å². The summed E-state index contributed by atoms with van der Waals surface area (Å²) in [5.74, 6) is -1.48. The van der Waals surface area contributed by atoms with E-state index < -0.39 is 16.1 Å². The molecule has 33 heavy (non-hydrogen) atoms. The summed E-state index contributed by atoms with van der Waals surface area (Å²) in [6, 6.07) is 5.53. The fourth-order valence-electron chi connectivity index (χ4n) is 4.79. The van der Waals surface area contributed by atoms with Crippen molar-refractivity contribution in [2.75, 3.05) is 37.5 Å². The Morgan fingerprint density at radius 1 is 1.18 bits per heavy atom. The molecule has 184 valence electrons. The van der Waals surface area contributed by atoms with Crippen LogP contribution in [0, 0.1) is 5.92 Å². The summed E-state index contributed by atoms with van der Waals surface area (Å²) in [4.78, 5) is 4.89. The number of aromatic nitrogens is 2. The van der Waals surface area contributed by atoms with Gasteiger partial charge in [-0.3, -0.25) is 4.31 Å². The summed E-state index contributed by atoms with van der Waals surface area (Å²) >= 11 is 0. The molecule has 1 saturated heterocycles. The first-order valence-electron chi connectivity index (χ1n) is 11.7. The summed E-state index contributed by atoms with van der Waals surface area (Å²) in [6.45, 7) is 9.06. The molecule has 1 N–H and O–H groups in total. The molecular formula is C23H35F2N5O2S. The first-order valence-corrected chi connectivity index (χ1v) is 13.1. The van der Waals surface area contributed by atoms with Gasteiger partial charge in [0.25, 0.3) is 0 Å². The highest BCUT2D eigenvalue weighted by molar-refractivity contribution is 7.90. The van der Waals surface area contributed by atoms with Gasteiger partial charge in [0.2, 0.25) is 5.92 Å². The van der Waals surface area contributed by atoms with Crippen LogP contribution in [0.3, 0.4) is 0 Å². The van der Waals surface area contributed by atoms with Gasteiger partial charge in [0.1, 0.15) is 5.82 Å². The highest BCUT2D eigenvalue weighted by Gasteiger charge is 2.36. The number of imidazole rings is 1. The van der Waals surface area contributed by atoms with Gasteiger partial charge in [-0.25, -0.2) is 13.8 Å². The van der Waals surface area contributed by atoms with Gasteiger partial charge in [-0.1, -0.05) is 20.8 Å². The molecule has 1 saturated carbocycles. The molecular weight excluding hydrogens is 448 g/mol. The van der Waals surface area contributed by atoms with E-state index in [1.165, 1.54) is 8.61 Å². The smallest absolute Gasteiger partial charge is 0.303 e. The van der Waals surface area contributed by atoms with Crippen LogP contribution >= 0.6 is 0 Å². The van der Waals surface area contributed by atoms with E-state index in [0.717, 1.165) is 16.9 Å². The molecule has 4 rings (SSSR count).